The van der Waals surface area contributed by atoms with Crippen molar-refractivity contribution < 1.29 is 4.79 Å². The summed E-state index contributed by atoms with van der Waals surface area (Å²) in [7, 11) is 0. The fourth-order valence-electron chi connectivity index (χ4n) is 0.793. The fourth-order valence-corrected chi connectivity index (χ4v) is 1.27. The van der Waals surface area contributed by atoms with E-state index in [1.807, 2.05) is 0 Å². The maximum atomic E-state index is 10.6. The average molecular weight is 216 g/mol. The lowest BCUT2D eigenvalue weighted by Gasteiger charge is -1.95. The molecule has 1 aromatic rings. The van der Waals surface area contributed by atoms with Crippen LogP contribution in [0.3, 0.4) is 0 Å². The average Bonchev–Trinajstić information content (AvgIpc) is 1.99. The molecule has 4 heteroatoms. The molecule has 0 bridgehead atoms. The first kappa shape index (κ1) is 10.2. The summed E-state index contributed by atoms with van der Waals surface area (Å²) in [5.41, 5.74) is 0.764. The van der Waals surface area contributed by atoms with Gasteiger partial charge in [-0.3, -0.25) is 4.79 Å². The SMILES string of the molecule is CC(=O)/C=C/c1cc(Cl)nc(Cl)c1. The highest BCUT2D eigenvalue weighted by molar-refractivity contribution is 6.32. The van der Waals surface area contributed by atoms with E-state index < -0.39 is 0 Å². The van der Waals surface area contributed by atoms with Crippen LogP contribution in [0.25, 0.3) is 6.08 Å². The van der Waals surface area contributed by atoms with E-state index in [1.165, 1.54) is 13.0 Å². The van der Waals surface area contributed by atoms with Crippen molar-refractivity contribution in [2.24, 2.45) is 0 Å². The van der Waals surface area contributed by atoms with Crippen molar-refractivity contribution in [3.05, 3.63) is 34.1 Å². The number of hydrogen-bond acceptors (Lipinski definition) is 2. The molecule has 1 rings (SSSR count). The Morgan fingerprint density at radius 3 is 2.38 bits per heavy atom. The molecule has 0 saturated heterocycles. The number of aromatic nitrogens is 1. The Bertz CT molecular complexity index is 340. The molecular formula is C9H7Cl2NO. The van der Waals surface area contributed by atoms with E-state index in [-0.39, 0.29) is 5.78 Å². The fraction of sp³-hybridized carbons (Fsp3) is 0.111. The maximum Gasteiger partial charge on any atom is 0.152 e. The number of hydrogen-bond donors (Lipinski definition) is 0. The molecule has 2 nitrogen and oxygen atoms in total. The molecule has 0 N–H and O–H groups in total. The molecule has 0 amide bonds. The summed E-state index contributed by atoms with van der Waals surface area (Å²) in [4.78, 5) is 14.4. The predicted octanol–water partition coefficient (Wildman–Crippen LogP) is 2.99. The topological polar surface area (TPSA) is 30.0 Å². The second-order valence-corrected chi connectivity index (χ2v) is 3.26. The van der Waals surface area contributed by atoms with Gasteiger partial charge in [0.2, 0.25) is 0 Å². The summed E-state index contributed by atoms with van der Waals surface area (Å²) in [5, 5.41) is 0.631. The number of halogens is 2. The minimum atomic E-state index is -0.0240. The van der Waals surface area contributed by atoms with Crippen LogP contribution in [-0.4, -0.2) is 10.8 Å². The van der Waals surface area contributed by atoms with Crippen LogP contribution >= 0.6 is 23.2 Å². The van der Waals surface area contributed by atoms with E-state index in [0.717, 1.165) is 5.56 Å². The molecule has 13 heavy (non-hydrogen) atoms. The predicted molar refractivity (Wildman–Crippen MR) is 54.0 cm³/mol. The molecule has 1 heterocycles. The van der Waals surface area contributed by atoms with Gasteiger partial charge >= 0.3 is 0 Å². The minimum absolute atomic E-state index is 0.0240. The van der Waals surface area contributed by atoms with Crippen LogP contribution in [-0.2, 0) is 4.79 Å². The molecule has 0 fully saturated rings. The largest absolute Gasteiger partial charge is 0.295 e. The molecule has 68 valence electrons. The number of ketones is 1. The highest BCUT2D eigenvalue weighted by Gasteiger charge is 1.96. The van der Waals surface area contributed by atoms with Crippen molar-refractivity contribution in [3.8, 4) is 0 Å². The smallest absolute Gasteiger partial charge is 0.152 e. The Morgan fingerprint density at radius 1 is 1.38 bits per heavy atom. The third-order valence-electron chi connectivity index (χ3n) is 1.30. The highest BCUT2D eigenvalue weighted by atomic mass is 35.5. The molecule has 0 aliphatic carbocycles. The number of rotatable bonds is 2. The first-order chi connectivity index (χ1) is 6.08. The zero-order chi connectivity index (χ0) is 9.84. The zero-order valence-electron chi connectivity index (χ0n) is 6.92. The van der Waals surface area contributed by atoms with E-state index in [9.17, 15) is 4.79 Å². The van der Waals surface area contributed by atoms with E-state index in [1.54, 1.807) is 18.2 Å². The molecule has 0 aliphatic rings. The number of allylic oxidation sites excluding steroid dienone is 1. The van der Waals surface area contributed by atoms with Crippen molar-refractivity contribution in [2.75, 3.05) is 0 Å². The first-order valence-electron chi connectivity index (χ1n) is 3.59. The van der Waals surface area contributed by atoms with E-state index >= 15 is 0 Å². The number of pyridine rings is 1. The molecule has 0 unspecified atom stereocenters. The Labute approximate surface area is 86.2 Å². The minimum Gasteiger partial charge on any atom is -0.295 e. The van der Waals surface area contributed by atoms with Crippen molar-refractivity contribution in [1.82, 2.24) is 4.98 Å². The van der Waals surface area contributed by atoms with E-state index in [2.05, 4.69) is 4.98 Å². The summed E-state index contributed by atoms with van der Waals surface area (Å²) in [5.74, 6) is -0.0240. The van der Waals surface area contributed by atoms with Crippen LogP contribution in [0.15, 0.2) is 18.2 Å². The van der Waals surface area contributed by atoms with Crippen LogP contribution in [0.4, 0.5) is 0 Å². The molecule has 0 spiro atoms. The quantitative estimate of drug-likeness (QED) is 0.561. The van der Waals surface area contributed by atoms with Gasteiger partial charge in [-0.1, -0.05) is 29.3 Å². The third kappa shape index (κ3) is 3.57. The van der Waals surface area contributed by atoms with Gasteiger partial charge < -0.3 is 0 Å². The van der Waals surface area contributed by atoms with Crippen molar-refractivity contribution >= 4 is 35.1 Å². The summed E-state index contributed by atoms with van der Waals surface area (Å²) >= 11 is 11.3. The standard InChI is InChI=1S/C9H7Cl2NO/c1-6(13)2-3-7-4-8(10)12-9(11)5-7/h2-5H,1H3/b3-2+. The van der Waals surface area contributed by atoms with Crippen LogP contribution in [0.2, 0.25) is 10.3 Å². The number of carbonyl (C=O) groups excluding carboxylic acids is 1. The number of carbonyl (C=O) groups is 1. The molecule has 0 radical (unpaired) electrons. The lowest BCUT2D eigenvalue weighted by molar-refractivity contribution is -0.112. The first-order valence-corrected chi connectivity index (χ1v) is 4.35. The van der Waals surface area contributed by atoms with Gasteiger partial charge in [-0.25, -0.2) is 4.98 Å². The maximum absolute atomic E-state index is 10.6. The Kier molecular flexibility index (Phi) is 3.46. The molecule has 1 aromatic heterocycles. The van der Waals surface area contributed by atoms with Crippen LogP contribution in [0, 0.1) is 0 Å². The number of nitrogens with zero attached hydrogens (tertiary/aromatic N) is 1. The van der Waals surface area contributed by atoms with Gasteiger partial charge in [0, 0.05) is 0 Å². The van der Waals surface area contributed by atoms with E-state index in [4.69, 9.17) is 23.2 Å². The van der Waals surface area contributed by atoms with Crippen LogP contribution < -0.4 is 0 Å². The van der Waals surface area contributed by atoms with E-state index in [0.29, 0.717) is 10.3 Å². The lowest BCUT2D eigenvalue weighted by Crippen LogP contribution is -1.82. The van der Waals surface area contributed by atoms with Crippen LogP contribution in [0.5, 0.6) is 0 Å². The normalized spacial score (nSPS) is 10.7. The van der Waals surface area contributed by atoms with Gasteiger partial charge in [-0.05, 0) is 30.7 Å². The molecule has 0 aliphatic heterocycles. The Balaban J connectivity index is 2.95. The molecular weight excluding hydrogens is 209 g/mol. The van der Waals surface area contributed by atoms with Crippen molar-refractivity contribution in [2.45, 2.75) is 6.92 Å². The van der Waals surface area contributed by atoms with Crippen molar-refractivity contribution in [1.29, 1.82) is 0 Å². The third-order valence-corrected chi connectivity index (χ3v) is 1.68. The van der Waals surface area contributed by atoms with Crippen LogP contribution in [0.1, 0.15) is 12.5 Å². The molecule has 0 atom stereocenters. The van der Waals surface area contributed by atoms with Gasteiger partial charge in [0.05, 0.1) is 0 Å². The summed E-state index contributed by atoms with van der Waals surface area (Å²) in [6.45, 7) is 1.47. The lowest BCUT2D eigenvalue weighted by atomic mass is 10.2. The summed E-state index contributed by atoms with van der Waals surface area (Å²) in [6.07, 6.45) is 3.09. The Morgan fingerprint density at radius 2 is 1.92 bits per heavy atom. The zero-order valence-corrected chi connectivity index (χ0v) is 8.43. The molecule has 0 saturated carbocycles. The summed E-state index contributed by atoms with van der Waals surface area (Å²) < 4.78 is 0. The van der Waals surface area contributed by atoms with Crippen molar-refractivity contribution in [3.63, 3.8) is 0 Å². The Hall–Kier alpha value is -0.860. The van der Waals surface area contributed by atoms with Gasteiger partial charge in [0.15, 0.2) is 5.78 Å². The highest BCUT2D eigenvalue weighted by Crippen LogP contribution is 2.15. The molecule has 0 aromatic carbocycles. The van der Waals surface area contributed by atoms with Gasteiger partial charge in [0.25, 0.3) is 0 Å². The monoisotopic (exact) mass is 215 g/mol. The van der Waals surface area contributed by atoms with Gasteiger partial charge in [-0.2, -0.15) is 0 Å². The second-order valence-electron chi connectivity index (χ2n) is 2.49. The summed E-state index contributed by atoms with van der Waals surface area (Å²) in [6, 6.07) is 3.26. The second kappa shape index (κ2) is 4.40. The van der Waals surface area contributed by atoms with Gasteiger partial charge in [0.1, 0.15) is 10.3 Å². The van der Waals surface area contributed by atoms with Gasteiger partial charge in [-0.15, -0.1) is 0 Å².